The Morgan fingerprint density at radius 1 is 1.47 bits per heavy atom. The van der Waals surface area contributed by atoms with Crippen LogP contribution in [0, 0.1) is 0 Å². The van der Waals surface area contributed by atoms with E-state index in [-0.39, 0.29) is 17.5 Å². The van der Waals surface area contributed by atoms with E-state index in [1.54, 1.807) is 4.57 Å². The molecule has 0 aliphatic heterocycles. The Bertz CT molecular complexity index is 598. The molecule has 0 radical (unpaired) electrons. The van der Waals surface area contributed by atoms with Gasteiger partial charge in [-0.25, -0.2) is 9.97 Å². The van der Waals surface area contributed by atoms with Crippen LogP contribution in [0.2, 0.25) is 0 Å². The van der Waals surface area contributed by atoms with E-state index in [9.17, 15) is 13.6 Å². The van der Waals surface area contributed by atoms with Crippen molar-refractivity contribution in [1.82, 2.24) is 19.5 Å². The fourth-order valence-corrected chi connectivity index (χ4v) is 1.53. The number of rotatable bonds is 4. The van der Waals surface area contributed by atoms with E-state index in [2.05, 4.69) is 15.0 Å². The predicted octanol–water partition coefficient (Wildman–Crippen LogP) is 1.68. The van der Waals surface area contributed by atoms with E-state index in [1.807, 2.05) is 0 Å². The Balaban J connectivity index is 2.12. The number of aromatic amines is 1. The molecule has 0 bridgehead atoms. The van der Waals surface area contributed by atoms with Crippen LogP contribution >= 0.6 is 0 Å². The van der Waals surface area contributed by atoms with Crippen LogP contribution in [-0.4, -0.2) is 19.5 Å². The molecule has 0 aliphatic rings. The molecule has 0 saturated carbocycles. The molecule has 1 N–H and O–H groups in total. The molecule has 90 valence electrons. The highest BCUT2D eigenvalue weighted by Crippen LogP contribution is 2.07. The van der Waals surface area contributed by atoms with E-state index in [4.69, 9.17) is 0 Å². The summed E-state index contributed by atoms with van der Waals surface area (Å²) in [6.45, 7) is 0.497. The molecule has 2 rings (SSSR count). The van der Waals surface area contributed by atoms with Gasteiger partial charge in [0.1, 0.15) is 0 Å². The van der Waals surface area contributed by atoms with Gasteiger partial charge in [-0.15, -0.1) is 0 Å². The molecule has 2 aromatic rings. The van der Waals surface area contributed by atoms with Gasteiger partial charge in [0.05, 0.1) is 12.7 Å². The smallest absolute Gasteiger partial charge is 0.278 e. The highest BCUT2D eigenvalue weighted by molar-refractivity contribution is 5.68. The van der Waals surface area contributed by atoms with Crippen molar-refractivity contribution >= 4 is 11.2 Å². The second-order valence-electron chi connectivity index (χ2n) is 3.48. The van der Waals surface area contributed by atoms with Crippen LogP contribution in [0.25, 0.3) is 11.2 Å². The van der Waals surface area contributed by atoms with Crippen molar-refractivity contribution in [3.63, 3.8) is 0 Å². The highest BCUT2D eigenvalue weighted by Gasteiger charge is 2.06. The second kappa shape index (κ2) is 4.86. The van der Waals surface area contributed by atoms with Gasteiger partial charge in [-0.3, -0.25) is 4.79 Å². The molecule has 0 fully saturated rings. The number of aromatic nitrogens is 4. The molecule has 2 aromatic heterocycles. The van der Waals surface area contributed by atoms with Crippen LogP contribution in [0.1, 0.15) is 12.8 Å². The molecule has 0 aliphatic carbocycles. The molecule has 0 spiro atoms. The second-order valence-corrected chi connectivity index (χ2v) is 3.48. The summed E-state index contributed by atoms with van der Waals surface area (Å²) in [6.07, 6.45) is 2.81. The van der Waals surface area contributed by atoms with Gasteiger partial charge >= 0.3 is 0 Å². The average Bonchev–Trinajstić information content (AvgIpc) is 2.69. The summed E-state index contributed by atoms with van der Waals surface area (Å²) in [6, 6.07) is 0. The van der Waals surface area contributed by atoms with Crippen molar-refractivity contribution in [2.24, 2.45) is 0 Å². The Kier molecular flexibility index (Phi) is 3.27. The first kappa shape index (κ1) is 11.4. The van der Waals surface area contributed by atoms with Gasteiger partial charge in [-0.05, 0) is 18.9 Å². The maximum atomic E-state index is 11.8. The minimum absolute atomic E-state index is 0.264. The molecule has 17 heavy (non-hydrogen) atoms. The number of unbranched alkanes of at least 4 members (excludes halogenated alkanes) is 1. The number of hydrogen-bond donors (Lipinski definition) is 1. The van der Waals surface area contributed by atoms with Gasteiger partial charge in [0.2, 0.25) is 0 Å². The topological polar surface area (TPSA) is 63.6 Å². The number of allylic oxidation sites excluding steroid dienone is 1. The van der Waals surface area contributed by atoms with E-state index in [0.717, 1.165) is 6.08 Å². The maximum Gasteiger partial charge on any atom is 0.278 e. The Hall–Kier alpha value is -2.05. The SMILES string of the molecule is O=c1[nH]cnc2c1ncn2CCCC=C(F)F. The van der Waals surface area contributed by atoms with Gasteiger partial charge in [-0.2, -0.15) is 8.78 Å². The summed E-state index contributed by atoms with van der Waals surface area (Å²) in [5.74, 6) is 0. The summed E-state index contributed by atoms with van der Waals surface area (Å²) in [5.41, 5.74) is 0.432. The van der Waals surface area contributed by atoms with Gasteiger partial charge in [-0.1, -0.05) is 0 Å². The lowest BCUT2D eigenvalue weighted by atomic mass is 10.3. The number of fused-ring (bicyclic) bond motifs is 1. The molecular weight excluding hydrogens is 230 g/mol. The standard InChI is InChI=1S/C10H10F2N4O/c11-7(12)3-1-2-4-16-6-15-8-9(16)13-5-14-10(8)17/h3,5-6H,1-2,4H2,(H,13,14,17). The summed E-state index contributed by atoms with van der Waals surface area (Å²) >= 11 is 0. The monoisotopic (exact) mass is 240 g/mol. The van der Waals surface area contributed by atoms with Crippen LogP contribution in [0.15, 0.2) is 29.6 Å². The molecule has 0 unspecified atom stereocenters. The lowest BCUT2D eigenvalue weighted by molar-refractivity contribution is 0.416. The van der Waals surface area contributed by atoms with Crippen molar-refractivity contribution in [3.8, 4) is 0 Å². The Morgan fingerprint density at radius 3 is 3.06 bits per heavy atom. The normalized spacial score (nSPS) is 10.7. The largest absolute Gasteiger partial charge is 0.315 e. The van der Waals surface area contributed by atoms with Gasteiger partial charge in [0, 0.05) is 6.54 Å². The molecule has 7 heteroatoms. The zero-order chi connectivity index (χ0) is 12.3. The van der Waals surface area contributed by atoms with Crippen LogP contribution in [0.3, 0.4) is 0 Å². The number of imidazole rings is 1. The molecule has 0 aromatic carbocycles. The number of halogens is 2. The van der Waals surface area contributed by atoms with Crippen molar-refractivity contribution in [2.45, 2.75) is 19.4 Å². The van der Waals surface area contributed by atoms with Crippen LogP contribution in [0.4, 0.5) is 8.78 Å². The fourth-order valence-electron chi connectivity index (χ4n) is 1.53. The van der Waals surface area contributed by atoms with E-state index in [1.165, 1.54) is 12.7 Å². The van der Waals surface area contributed by atoms with Crippen molar-refractivity contribution in [1.29, 1.82) is 0 Å². The van der Waals surface area contributed by atoms with Gasteiger partial charge in [0.15, 0.2) is 11.2 Å². The fraction of sp³-hybridized carbons (Fsp3) is 0.300. The molecule has 0 amide bonds. The van der Waals surface area contributed by atoms with Crippen molar-refractivity contribution < 1.29 is 8.78 Å². The maximum absolute atomic E-state index is 11.8. The zero-order valence-corrected chi connectivity index (χ0v) is 8.86. The predicted molar refractivity (Wildman–Crippen MR) is 57.7 cm³/mol. The molecule has 0 atom stereocenters. The quantitative estimate of drug-likeness (QED) is 0.827. The summed E-state index contributed by atoms with van der Waals surface area (Å²) in [5, 5.41) is 0. The van der Waals surface area contributed by atoms with Crippen LogP contribution < -0.4 is 5.56 Å². The third-order valence-corrected chi connectivity index (χ3v) is 2.31. The van der Waals surface area contributed by atoms with Crippen LogP contribution in [-0.2, 0) is 6.54 Å². The molecule has 2 heterocycles. The number of hydrogen-bond acceptors (Lipinski definition) is 3. The number of H-pyrrole nitrogens is 1. The Labute approximate surface area is 94.8 Å². The van der Waals surface area contributed by atoms with E-state index in [0.29, 0.717) is 18.6 Å². The van der Waals surface area contributed by atoms with E-state index < -0.39 is 6.08 Å². The highest BCUT2D eigenvalue weighted by atomic mass is 19.3. The lowest BCUT2D eigenvalue weighted by Crippen LogP contribution is -2.07. The summed E-state index contributed by atoms with van der Waals surface area (Å²) < 4.78 is 25.3. The molecule has 5 nitrogen and oxygen atoms in total. The minimum atomic E-state index is -1.67. The number of nitrogens with one attached hydrogen (secondary N) is 1. The van der Waals surface area contributed by atoms with E-state index >= 15 is 0 Å². The first-order valence-corrected chi connectivity index (χ1v) is 5.08. The van der Waals surface area contributed by atoms with Crippen LogP contribution in [0.5, 0.6) is 0 Å². The third kappa shape index (κ3) is 2.55. The lowest BCUT2D eigenvalue weighted by Gasteiger charge is -2.00. The van der Waals surface area contributed by atoms with Crippen molar-refractivity contribution in [2.75, 3.05) is 0 Å². The first-order chi connectivity index (χ1) is 8.18. The molecule has 0 saturated heterocycles. The number of nitrogens with zero attached hydrogens (tertiary/aromatic N) is 3. The summed E-state index contributed by atoms with van der Waals surface area (Å²) in [7, 11) is 0. The zero-order valence-electron chi connectivity index (χ0n) is 8.86. The number of aryl methyl sites for hydroxylation is 1. The van der Waals surface area contributed by atoms with Gasteiger partial charge < -0.3 is 9.55 Å². The average molecular weight is 240 g/mol. The Morgan fingerprint density at radius 2 is 2.29 bits per heavy atom. The minimum Gasteiger partial charge on any atom is -0.315 e. The summed E-state index contributed by atoms with van der Waals surface area (Å²) in [4.78, 5) is 21.7. The van der Waals surface area contributed by atoms with Gasteiger partial charge in [0.25, 0.3) is 11.6 Å². The first-order valence-electron chi connectivity index (χ1n) is 5.08. The third-order valence-electron chi connectivity index (χ3n) is 2.31. The molecular formula is C10H10F2N4O. The van der Waals surface area contributed by atoms with Crippen molar-refractivity contribution in [3.05, 3.63) is 35.2 Å².